The quantitative estimate of drug-likeness (QED) is 0.772. The highest BCUT2D eigenvalue weighted by Crippen LogP contribution is 2.21. The number of nitrogens with zero attached hydrogens (tertiary/aromatic N) is 3. The molecule has 1 fully saturated rings. The van der Waals surface area contributed by atoms with E-state index in [0.29, 0.717) is 12.3 Å². The summed E-state index contributed by atoms with van der Waals surface area (Å²) in [5, 5.41) is 0. The third-order valence-corrected chi connectivity index (χ3v) is 3.14. The molecular formula is C13H15N3O2. The highest BCUT2D eigenvalue weighted by molar-refractivity contribution is 5.88. The fourth-order valence-corrected chi connectivity index (χ4v) is 2.04. The number of carbonyl (C=O) groups is 1. The molecule has 0 aromatic carbocycles. The maximum atomic E-state index is 11.6. The van der Waals surface area contributed by atoms with Gasteiger partial charge in [0.05, 0.1) is 12.3 Å². The van der Waals surface area contributed by atoms with Gasteiger partial charge in [0.25, 0.3) is 0 Å². The van der Waals surface area contributed by atoms with Gasteiger partial charge in [-0.1, -0.05) is 0 Å². The zero-order valence-electron chi connectivity index (χ0n) is 10.3. The first kappa shape index (κ1) is 11.1. The van der Waals surface area contributed by atoms with Crippen molar-refractivity contribution >= 4 is 17.3 Å². The fourth-order valence-electron chi connectivity index (χ4n) is 2.04. The molecule has 1 saturated heterocycles. The lowest BCUT2D eigenvalue weighted by molar-refractivity contribution is 0.0520. The number of ether oxygens (including phenoxy) is 1. The standard InChI is InChI=1S/C13H15N3O2/c1-2-18-13(17)11-9-16-8-10(15-6-3-7-15)4-5-12(16)14-11/h4-5,8-9H,2-3,6-7H2,1H3. The van der Waals surface area contributed by atoms with Crippen LogP contribution in [0.15, 0.2) is 24.5 Å². The van der Waals surface area contributed by atoms with E-state index >= 15 is 0 Å². The van der Waals surface area contributed by atoms with Crippen molar-refractivity contribution in [3.05, 3.63) is 30.2 Å². The van der Waals surface area contributed by atoms with Gasteiger partial charge in [-0.25, -0.2) is 9.78 Å². The topological polar surface area (TPSA) is 46.8 Å². The maximum absolute atomic E-state index is 11.6. The summed E-state index contributed by atoms with van der Waals surface area (Å²) in [4.78, 5) is 18.1. The van der Waals surface area contributed by atoms with Gasteiger partial charge in [0.2, 0.25) is 0 Å². The normalized spacial score (nSPS) is 14.6. The van der Waals surface area contributed by atoms with Crippen LogP contribution in [-0.2, 0) is 4.74 Å². The lowest BCUT2D eigenvalue weighted by atomic mass is 10.2. The molecule has 94 valence electrons. The first-order chi connectivity index (χ1) is 8.78. The second-order valence-electron chi connectivity index (χ2n) is 4.34. The number of rotatable bonds is 3. The predicted octanol–water partition coefficient (Wildman–Crippen LogP) is 1.72. The number of anilines is 1. The van der Waals surface area contributed by atoms with Crippen LogP contribution in [0.25, 0.3) is 5.65 Å². The minimum Gasteiger partial charge on any atom is -0.461 e. The molecule has 3 heterocycles. The Bertz CT molecular complexity index is 587. The molecule has 2 aromatic heterocycles. The fraction of sp³-hybridized carbons (Fsp3) is 0.385. The van der Waals surface area contributed by atoms with E-state index < -0.39 is 0 Å². The number of aromatic nitrogens is 2. The monoisotopic (exact) mass is 245 g/mol. The van der Waals surface area contributed by atoms with Crippen molar-refractivity contribution in [2.75, 3.05) is 24.6 Å². The largest absolute Gasteiger partial charge is 0.461 e. The molecule has 0 saturated carbocycles. The maximum Gasteiger partial charge on any atom is 0.358 e. The first-order valence-electron chi connectivity index (χ1n) is 6.19. The SMILES string of the molecule is CCOC(=O)c1cn2cc(N3CCC3)ccc2n1. The van der Waals surface area contributed by atoms with E-state index in [9.17, 15) is 4.79 Å². The third-order valence-electron chi connectivity index (χ3n) is 3.14. The summed E-state index contributed by atoms with van der Waals surface area (Å²) in [5.41, 5.74) is 2.29. The summed E-state index contributed by atoms with van der Waals surface area (Å²) in [6.07, 6.45) is 4.97. The van der Waals surface area contributed by atoms with E-state index in [4.69, 9.17) is 4.74 Å². The van der Waals surface area contributed by atoms with Crippen LogP contribution in [-0.4, -0.2) is 35.1 Å². The average molecular weight is 245 g/mol. The van der Waals surface area contributed by atoms with E-state index in [1.807, 2.05) is 22.7 Å². The molecular weight excluding hydrogens is 230 g/mol. The molecule has 18 heavy (non-hydrogen) atoms. The zero-order valence-corrected chi connectivity index (χ0v) is 10.3. The number of esters is 1. The third kappa shape index (κ3) is 1.81. The van der Waals surface area contributed by atoms with Crippen molar-refractivity contribution < 1.29 is 9.53 Å². The van der Waals surface area contributed by atoms with Crippen LogP contribution < -0.4 is 4.90 Å². The number of pyridine rings is 1. The number of hydrogen-bond acceptors (Lipinski definition) is 4. The van der Waals surface area contributed by atoms with E-state index in [2.05, 4.69) is 9.88 Å². The van der Waals surface area contributed by atoms with Crippen molar-refractivity contribution in [2.24, 2.45) is 0 Å². The van der Waals surface area contributed by atoms with E-state index in [1.54, 1.807) is 13.1 Å². The summed E-state index contributed by atoms with van der Waals surface area (Å²) < 4.78 is 6.82. The van der Waals surface area contributed by atoms with Gasteiger partial charge in [0, 0.05) is 25.5 Å². The molecule has 5 heteroatoms. The van der Waals surface area contributed by atoms with Gasteiger partial charge in [0.1, 0.15) is 5.65 Å². The Morgan fingerprint density at radius 1 is 1.39 bits per heavy atom. The van der Waals surface area contributed by atoms with Crippen molar-refractivity contribution in [1.29, 1.82) is 0 Å². The molecule has 3 rings (SSSR count). The Morgan fingerprint density at radius 3 is 2.89 bits per heavy atom. The number of fused-ring (bicyclic) bond motifs is 1. The van der Waals surface area contributed by atoms with Crippen LogP contribution >= 0.6 is 0 Å². The van der Waals surface area contributed by atoms with Crippen LogP contribution in [0, 0.1) is 0 Å². The molecule has 1 aliphatic rings. The Labute approximate surface area is 105 Å². The summed E-state index contributed by atoms with van der Waals surface area (Å²) in [6, 6.07) is 3.97. The van der Waals surface area contributed by atoms with Crippen molar-refractivity contribution in [3.63, 3.8) is 0 Å². The predicted molar refractivity (Wildman–Crippen MR) is 68.0 cm³/mol. The van der Waals surface area contributed by atoms with Gasteiger partial charge >= 0.3 is 5.97 Å². The highest BCUT2D eigenvalue weighted by Gasteiger charge is 2.16. The summed E-state index contributed by atoms with van der Waals surface area (Å²) in [5.74, 6) is -0.369. The molecule has 0 atom stereocenters. The minimum atomic E-state index is -0.369. The molecule has 0 unspecified atom stereocenters. The summed E-state index contributed by atoms with van der Waals surface area (Å²) in [7, 11) is 0. The lowest BCUT2D eigenvalue weighted by Gasteiger charge is -2.33. The van der Waals surface area contributed by atoms with Gasteiger partial charge in [-0.05, 0) is 25.5 Å². The number of imidazole rings is 1. The van der Waals surface area contributed by atoms with Crippen molar-refractivity contribution in [2.45, 2.75) is 13.3 Å². The summed E-state index contributed by atoms with van der Waals surface area (Å²) >= 11 is 0. The van der Waals surface area contributed by atoms with Gasteiger partial charge in [-0.3, -0.25) is 0 Å². The Kier molecular flexibility index (Phi) is 2.66. The Balaban J connectivity index is 1.93. The molecule has 5 nitrogen and oxygen atoms in total. The van der Waals surface area contributed by atoms with Crippen LogP contribution in [0.3, 0.4) is 0 Å². The molecule has 0 bridgehead atoms. The lowest BCUT2D eigenvalue weighted by Crippen LogP contribution is -2.37. The van der Waals surface area contributed by atoms with Crippen LogP contribution in [0.2, 0.25) is 0 Å². The molecule has 0 spiro atoms. The molecule has 2 aromatic rings. The van der Waals surface area contributed by atoms with Crippen molar-refractivity contribution in [1.82, 2.24) is 9.38 Å². The van der Waals surface area contributed by atoms with E-state index in [1.165, 1.54) is 12.1 Å². The second-order valence-corrected chi connectivity index (χ2v) is 4.34. The van der Waals surface area contributed by atoms with Crippen LogP contribution in [0.1, 0.15) is 23.8 Å². The van der Waals surface area contributed by atoms with Gasteiger partial charge in [-0.2, -0.15) is 0 Å². The van der Waals surface area contributed by atoms with Gasteiger partial charge < -0.3 is 14.0 Å². The summed E-state index contributed by atoms with van der Waals surface area (Å²) in [6.45, 7) is 4.36. The van der Waals surface area contributed by atoms with E-state index in [0.717, 1.165) is 18.7 Å². The second kappa shape index (κ2) is 4.33. The van der Waals surface area contributed by atoms with Crippen LogP contribution in [0.4, 0.5) is 5.69 Å². The van der Waals surface area contributed by atoms with Gasteiger partial charge in [-0.15, -0.1) is 0 Å². The Hall–Kier alpha value is -2.04. The zero-order chi connectivity index (χ0) is 12.5. The minimum absolute atomic E-state index is 0.359. The van der Waals surface area contributed by atoms with Crippen molar-refractivity contribution in [3.8, 4) is 0 Å². The molecule has 0 amide bonds. The molecule has 0 radical (unpaired) electrons. The molecule has 0 aliphatic carbocycles. The smallest absolute Gasteiger partial charge is 0.358 e. The number of hydrogen-bond donors (Lipinski definition) is 0. The van der Waals surface area contributed by atoms with E-state index in [-0.39, 0.29) is 5.97 Å². The highest BCUT2D eigenvalue weighted by atomic mass is 16.5. The first-order valence-corrected chi connectivity index (χ1v) is 6.19. The molecule has 1 aliphatic heterocycles. The molecule has 0 N–H and O–H groups in total. The van der Waals surface area contributed by atoms with Crippen LogP contribution in [0.5, 0.6) is 0 Å². The van der Waals surface area contributed by atoms with Gasteiger partial charge in [0.15, 0.2) is 5.69 Å². The average Bonchev–Trinajstić information content (AvgIpc) is 2.70. The Morgan fingerprint density at radius 2 is 2.22 bits per heavy atom. The number of carbonyl (C=O) groups excluding carboxylic acids is 1.